The van der Waals surface area contributed by atoms with Gasteiger partial charge in [-0.25, -0.2) is 0 Å². The first kappa shape index (κ1) is 32.7. The molecule has 0 fully saturated rings. The zero-order valence-electron chi connectivity index (χ0n) is 29.8. The van der Waals surface area contributed by atoms with Gasteiger partial charge < -0.3 is 9.80 Å². The van der Waals surface area contributed by atoms with E-state index in [9.17, 15) is 0 Å². The number of para-hydroxylation sites is 2. The van der Waals surface area contributed by atoms with Crippen LogP contribution in [0.4, 0.5) is 34.1 Å². The minimum Gasteiger partial charge on any atom is -0.310 e. The number of benzene rings is 9. The van der Waals surface area contributed by atoms with Crippen molar-refractivity contribution in [2.75, 3.05) is 9.80 Å². The van der Waals surface area contributed by atoms with Gasteiger partial charge in [0.25, 0.3) is 0 Å². The quantitative estimate of drug-likeness (QED) is 0.139. The third kappa shape index (κ3) is 6.65. The standard InChI is InChI=1S/C52H38N2/c1-3-17-45(18-4-1)53(51-23-11-15-43-13-7-9-21-49(43)51)47-35-29-40(30-36-47)26-25-39-27-31-41(32-28-39)42-33-37-48(38-34-42)54(46-19-5-2-6-20-46)52-24-12-16-44-14-8-10-22-50(44)52/h1-38H. The highest BCUT2D eigenvalue weighted by molar-refractivity contribution is 6.00. The van der Waals surface area contributed by atoms with Crippen molar-refractivity contribution in [3.05, 3.63) is 230 Å². The summed E-state index contributed by atoms with van der Waals surface area (Å²) in [5, 5.41) is 4.90. The molecule has 2 heteroatoms. The average molecular weight is 691 g/mol. The van der Waals surface area contributed by atoms with Gasteiger partial charge in [0.05, 0.1) is 11.4 Å². The van der Waals surface area contributed by atoms with Gasteiger partial charge in [-0.1, -0.05) is 170 Å². The molecule has 0 radical (unpaired) electrons. The van der Waals surface area contributed by atoms with E-state index in [-0.39, 0.29) is 0 Å². The highest BCUT2D eigenvalue weighted by Crippen LogP contribution is 2.40. The first-order chi connectivity index (χ1) is 26.8. The summed E-state index contributed by atoms with van der Waals surface area (Å²) in [6.07, 6.45) is 4.37. The van der Waals surface area contributed by atoms with Crippen molar-refractivity contribution in [1.29, 1.82) is 0 Å². The third-order valence-corrected chi connectivity index (χ3v) is 10.0. The molecule has 0 unspecified atom stereocenters. The molecule has 0 aliphatic heterocycles. The summed E-state index contributed by atoms with van der Waals surface area (Å²) in [4.78, 5) is 4.68. The van der Waals surface area contributed by atoms with Gasteiger partial charge >= 0.3 is 0 Å². The van der Waals surface area contributed by atoms with Crippen molar-refractivity contribution in [3.8, 4) is 11.1 Å². The van der Waals surface area contributed by atoms with Crippen LogP contribution in [-0.4, -0.2) is 0 Å². The topological polar surface area (TPSA) is 6.48 Å². The maximum atomic E-state index is 2.34. The fraction of sp³-hybridized carbons (Fsp3) is 0. The Morgan fingerprint density at radius 2 is 0.593 bits per heavy atom. The predicted octanol–water partition coefficient (Wildman–Crippen LogP) is 14.8. The zero-order chi connectivity index (χ0) is 36.1. The lowest BCUT2D eigenvalue weighted by molar-refractivity contribution is 1.30. The van der Waals surface area contributed by atoms with Crippen molar-refractivity contribution in [1.82, 2.24) is 0 Å². The van der Waals surface area contributed by atoms with Crippen molar-refractivity contribution in [3.63, 3.8) is 0 Å². The van der Waals surface area contributed by atoms with E-state index < -0.39 is 0 Å². The van der Waals surface area contributed by atoms with Gasteiger partial charge in [-0.2, -0.15) is 0 Å². The van der Waals surface area contributed by atoms with Gasteiger partial charge in [-0.05, 0) is 93.7 Å². The largest absolute Gasteiger partial charge is 0.310 e. The molecule has 0 N–H and O–H groups in total. The molecule has 0 aliphatic rings. The van der Waals surface area contributed by atoms with Gasteiger partial charge in [0.2, 0.25) is 0 Å². The Bertz CT molecular complexity index is 2670. The molecule has 0 heterocycles. The fourth-order valence-corrected chi connectivity index (χ4v) is 7.33. The van der Waals surface area contributed by atoms with Gasteiger partial charge in [0, 0.05) is 33.5 Å². The Balaban J connectivity index is 0.945. The van der Waals surface area contributed by atoms with Gasteiger partial charge in [0.1, 0.15) is 0 Å². The summed E-state index contributed by atoms with van der Waals surface area (Å²) >= 11 is 0. The Kier molecular flexibility index (Phi) is 8.99. The van der Waals surface area contributed by atoms with E-state index >= 15 is 0 Å². The predicted molar refractivity (Wildman–Crippen MR) is 232 cm³/mol. The summed E-state index contributed by atoms with van der Waals surface area (Å²) in [5.41, 5.74) is 11.5. The lowest BCUT2D eigenvalue weighted by Crippen LogP contribution is -2.10. The van der Waals surface area contributed by atoms with E-state index in [1.807, 2.05) is 0 Å². The zero-order valence-corrected chi connectivity index (χ0v) is 29.8. The first-order valence-corrected chi connectivity index (χ1v) is 18.4. The Morgan fingerprint density at radius 3 is 1.06 bits per heavy atom. The molecule has 0 amide bonds. The Morgan fingerprint density at radius 1 is 0.259 bits per heavy atom. The van der Waals surface area contributed by atoms with Crippen molar-refractivity contribution in [2.24, 2.45) is 0 Å². The van der Waals surface area contributed by atoms with E-state index in [1.54, 1.807) is 0 Å². The number of nitrogens with zero attached hydrogens (tertiary/aromatic N) is 2. The summed E-state index contributed by atoms with van der Waals surface area (Å²) in [5.74, 6) is 0. The van der Waals surface area contributed by atoms with E-state index in [0.717, 1.165) is 45.3 Å². The van der Waals surface area contributed by atoms with Gasteiger partial charge in [-0.3, -0.25) is 0 Å². The van der Waals surface area contributed by atoms with Crippen molar-refractivity contribution < 1.29 is 0 Å². The normalized spacial score (nSPS) is 11.3. The summed E-state index contributed by atoms with van der Waals surface area (Å²) in [7, 11) is 0. The lowest BCUT2D eigenvalue weighted by atomic mass is 10.0. The van der Waals surface area contributed by atoms with Crippen LogP contribution in [-0.2, 0) is 0 Å². The smallest absolute Gasteiger partial charge is 0.0540 e. The molecule has 256 valence electrons. The number of hydrogen-bond donors (Lipinski definition) is 0. The number of rotatable bonds is 9. The van der Waals surface area contributed by atoms with Crippen molar-refractivity contribution in [2.45, 2.75) is 0 Å². The molecule has 54 heavy (non-hydrogen) atoms. The summed E-state index contributed by atoms with van der Waals surface area (Å²) < 4.78 is 0. The van der Waals surface area contributed by atoms with Crippen LogP contribution in [0.2, 0.25) is 0 Å². The number of hydrogen-bond acceptors (Lipinski definition) is 2. The second kappa shape index (κ2) is 14.8. The van der Waals surface area contributed by atoms with Crippen LogP contribution in [0.5, 0.6) is 0 Å². The van der Waals surface area contributed by atoms with Crippen LogP contribution in [0.3, 0.4) is 0 Å². The molecule has 0 bridgehead atoms. The average Bonchev–Trinajstić information content (AvgIpc) is 3.25. The summed E-state index contributed by atoms with van der Waals surface area (Å²) in [6, 6.07) is 77.9. The first-order valence-electron chi connectivity index (χ1n) is 18.4. The maximum absolute atomic E-state index is 2.34. The number of fused-ring (bicyclic) bond motifs is 2. The Hall–Kier alpha value is -7.16. The molecule has 9 aromatic carbocycles. The Labute approximate surface area is 317 Å². The second-order valence-electron chi connectivity index (χ2n) is 13.4. The highest BCUT2D eigenvalue weighted by atomic mass is 15.1. The van der Waals surface area contributed by atoms with Gasteiger partial charge in [-0.15, -0.1) is 0 Å². The fourth-order valence-electron chi connectivity index (χ4n) is 7.33. The summed E-state index contributed by atoms with van der Waals surface area (Å²) in [6.45, 7) is 0. The van der Waals surface area contributed by atoms with Gasteiger partial charge in [0.15, 0.2) is 0 Å². The van der Waals surface area contributed by atoms with E-state index in [0.29, 0.717) is 0 Å². The van der Waals surface area contributed by atoms with Crippen LogP contribution >= 0.6 is 0 Å². The molecule has 0 spiro atoms. The van der Waals surface area contributed by atoms with Crippen LogP contribution in [0.25, 0.3) is 44.8 Å². The van der Waals surface area contributed by atoms with E-state index in [1.165, 1.54) is 32.7 Å². The van der Waals surface area contributed by atoms with Crippen LogP contribution in [0.1, 0.15) is 11.1 Å². The molecular weight excluding hydrogens is 653 g/mol. The monoisotopic (exact) mass is 690 g/mol. The number of anilines is 6. The minimum atomic E-state index is 1.12. The molecule has 0 aromatic heterocycles. The molecule has 0 saturated heterocycles. The SMILES string of the molecule is C(=Cc1ccc(N(c2ccccc2)c2cccc3ccccc23)cc1)c1ccc(-c2ccc(N(c3ccccc3)c3cccc4ccccc34)cc2)cc1. The molecule has 0 saturated carbocycles. The van der Waals surface area contributed by atoms with E-state index in [2.05, 4.69) is 240 Å². The molecule has 0 aliphatic carbocycles. The van der Waals surface area contributed by atoms with Crippen LogP contribution < -0.4 is 9.80 Å². The second-order valence-corrected chi connectivity index (χ2v) is 13.4. The molecule has 0 atom stereocenters. The maximum Gasteiger partial charge on any atom is 0.0540 e. The van der Waals surface area contributed by atoms with E-state index in [4.69, 9.17) is 0 Å². The van der Waals surface area contributed by atoms with Crippen LogP contribution in [0, 0.1) is 0 Å². The minimum absolute atomic E-state index is 1.12. The van der Waals surface area contributed by atoms with Crippen LogP contribution in [0.15, 0.2) is 218 Å². The molecule has 2 nitrogen and oxygen atoms in total. The molecule has 9 rings (SSSR count). The molecule has 9 aromatic rings. The molecular formula is C52H38N2. The highest BCUT2D eigenvalue weighted by Gasteiger charge is 2.16. The van der Waals surface area contributed by atoms with Crippen molar-refractivity contribution >= 4 is 67.8 Å². The third-order valence-electron chi connectivity index (χ3n) is 10.0. The lowest BCUT2D eigenvalue weighted by Gasteiger charge is -2.27.